The second-order valence-corrected chi connectivity index (χ2v) is 4.85. The molecular weight excluding hydrogens is 236 g/mol. The Kier molecular flexibility index (Phi) is 4.53. The van der Waals surface area contributed by atoms with E-state index in [-0.39, 0.29) is 0 Å². The second kappa shape index (κ2) is 6.34. The zero-order chi connectivity index (χ0) is 13.7. The van der Waals surface area contributed by atoms with Crippen molar-refractivity contribution in [3.8, 4) is 0 Å². The number of nitrogens with zero attached hydrogens (tertiary/aromatic N) is 2. The summed E-state index contributed by atoms with van der Waals surface area (Å²) < 4.78 is 5.32. The van der Waals surface area contributed by atoms with Gasteiger partial charge < -0.3 is 4.42 Å². The Morgan fingerprint density at radius 2 is 2.21 bits per heavy atom. The number of hydrogen-bond donors (Lipinski definition) is 0. The van der Waals surface area contributed by atoms with E-state index < -0.39 is 0 Å². The van der Waals surface area contributed by atoms with Gasteiger partial charge in [0, 0.05) is 18.8 Å². The zero-order valence-electron chi connectivity index (χ0n) is 11.7. The van der Waals surface area contributed by atoms with Crippen molar-refractivity contribution in [1.29, 1.82) is 0 Å². The first-order valence-corrected chi connectivity index (χ1v) is 6.48. The van der Waals surface area contributed by atoms with Crippen molar-refractivity contribution >= 4 is 6.08 Å². The topological polar surface area (TPSA) is 29.3 Å². The molecule has 0 aliphatic rings. The molecule has 0 aliphatic heterocycles. The quantitative estimate of drug-likeness (QED) is 0.815. The summed E-state index contributed by atoms with van der Waals surface area (Å²) in [5.41, 5.74) is 2.36. The van der Waals surface area contributed by atoms with Crippen molar-refractivity contribution in [2.24, 2.45) is 0 Å². The molecule has 0 spiro atoms. The minimum absolute atomic E-state index is 0.293. The van der Waals surface area contributed by atoms with E-state index in [2.05, 4.69) is 42.9 Å². The van der Waals surface area contributed by atoms with Crippen LogP contribution in [0.5, 0.6) is 0 Å². The molecule has 0 fully saturated rings. The number of aromatic nitrogens is 1. The molecule has 0 radical (unpaired) electrons. The van der Waals surface area contributed by atoms with E-state index in [1.165, 1.54) is 5.57 Å². The summed E-state index contributed by atoms with van der Waals surface area (Å²) in [5.74, 6) is 0.899. The molecule has 0 bridgehead atoms. The van der Waals surface area contributed by atoms with E-state index in [4.69, 9.17) is 4.42 Å². The standard InChI is InChI=1S/C16H20N2O/c1-13(11-15-7-6-10-19-15)12-18(3)14(2)16-8-4-5-9-17-16/h4-11,14H,12H2,1-3H3/b13-11+. The number of rotatable bonds is 5. The molecule has 0 aromatic carbocycles. The molecule has 1 atom stereocenters. The van der Waals surface area contributed by atoms with Crippen molar-refractivity contribution in [2.75, 3.05) is 13.6 Å². The summed E-state index contributed by atoms with van der Waals surface area (Å²) in [7, 11) is 2.11. The third-order valence-corrected chi connectivity index (χ3v) is 3.21. The van der Waals surface area contributed by atoms with Crippen molar-refractivity contribution in [3.05, 3.63) is 59.8 Å². The molecule has 2 heterocycles. The molecule has 0 aliphatic carbocycles. The van der Waals surface area contributed by atoms with Gasteiger partial charge in [0.05, 0.1) is 12.0 Å². The van der Waals surface area contributed by atoms with Gasteiger partial charge in [0.2, 0.25) is 0 Å². The highest BCUT2D eigenvalue weighted by atomic mass is 16.3. The Hall–Kier alpha value is -1.87. The Balaban J connectivity index is 1.99. The minimum atomic E-state index is 0.293. The number of hydrogen-bond acceptors (Lipinski definition) is 3. The first kappa shape index (κ1) is 13.6. The van der Waals surface area contributed by atoms with Crippen LogP contribution in [0.2, 0.25) is 0 Å². The minimum Gasteiger partial charge on any atom is -0.465 e. The van der Waals surface area contributed by atoms with Gasteiger partial charge in [0.25, 0.3) is 0 Å². The Morgan fingerprint density at radius 3 is 2.84 bits per heavy atom. The average Bonchev–Trinajstić information content (AvgIpc) is 2.91. The summed E-state index contributed by atoms with van der Waals surface area (Å²) in [6.07, 6.45) is 5.60. The fourth-order valence-electron chi connectivity index (χ4n) is 2.04. The van der Waals surface area contributed by atoms with Crippen LogP contribution in [0.3, 0.4) is 0 Å². The lowest BCUT2D eigenvalue weighted by molar-refractivity contribution is 0.279. The molecule has 3 nitrogen and oxygen atoms in total. The van der Waals surface area contributed by atoms with E-state index in [1.54, 1.807) is 6.26 Å². The highest BCUT2D eigenvalue weighted by Gasteiger charge is 2.12. The van der Waals surface area contributed by atoms with Gasteiger partial charge in [-0.3, -0.25) is 9.88 Å². The van der Waals surface area contributed by atoms with E-state index in [0.717, 1.165) is 18.0 Å². The van der Waals surface area contributed by atoms with Crippen molar-refractivity contribution in [1.82, 2.24) is 9.88 Å². The van der Waals surface area contributed by atoms with Gasteiger partial charge in [-0.05, 0) is 51.2 Å². The van der Waals surface area contributed by atoms with Gasteiger partial charge in [-0.25, -0.2) is 0 Å². The average molecular weight is 256 g/mol. The monoisotopic (exact) mass is 256 g/mol. The van der Waals surface area contributed by atoms with E-state index >= 15 is 0 Å². The maximum Gasteiger partial charge on any atom is 0.126 e. The van der Waals surface area contributed by atoms with Gasteiger partial charge in [0.1, 0.15) is 5.76 Å². The predicted octanol–water partition coefficient (Wildman–Crippen LogP) is 3.77. The van der Waals surface area contributed by atoms with Gasteiger partial charge in [0.15, 0.2) is 0 Å². The van der Waals surface area contributed by atoms with Crippen LogP contribution >= 0.6 is 0 Å². The summed E-state index contributed by atoms with van der Waals surface area (Å²) in [6, 6.07) is 10.2. The summed E-state index contributed by atoms with van der Waals surface area (Å²) in [6.45, 7) is 5.17. The largest absolute Gasteiger partial charge is 0.465 e. The van der Waals surface area contributed by atoms with Gasteiger partial charge in [-0.2, -0.15) is 0 Å². The van der Waals surface area contributed by atoms with Crippen molar-refractivity contribution < 1.29 is 4.42 Å². The van der Waals surface area contributed by atoms with E-state index in [0.29, 0.717) is 6.04 Å². The molecule has 2 rings (SSSR count). The molecule has 100 valence electrons. The third-order valence-electron chi connectivity index (χ3n) is 3.21. The smallest absolute Gasteiger partial charge is 0.126 e. The van der Waals surface area contributed by atoms with Crippen LogP contribution < -0.4 is 0 Å². The van der Waals surface area contributed by atoms with Crippen molar-refractivity contribution in [3.63, 3.8) is 0 Å². The Labute approximate surface area is 114 Å². The molecule has 1 unspecified atom stereocenters. The highest BCUT2D eigenvalue weighted by Crippen LogP contribution is 2.17. The molecular formula is C16H20N2O. The van der Waals surface area contributed by atoms with E-state index in [9.17, 15) is 0 Å². The van der Waals surface area contributed by atoms with Crippen LogP contribution in [-0.4, -0.2) is 23.5 Å². The fourth-order valence-corrected chi connectivity index (χ4v) is 2.04. The van der Waals surface area contributed by atoms with Crippen LogP contribution in [0.4, 0.5) is 0 Å². The first-order valence-electron chi connectivity index (χ1n) is 6.48. The second-order valence-electron chi connectivity index (χ2n) is 4.85. The summed E-state index contributed by atoms with van der Waals surface area (Å²) >= 11 is 0. The fraction of sp³-hybridized carbons (Fsp3) is 0.312. The number of pyridine rings is 1. The maximum atomic E-state index is 5.32. The summed E-state index contributed by atoms with van der Waals surface area (Å²) in [5, 5.41) is 0. The van der Waals surface area contributed by atoms with Crippen LogP contribution in [0, 0.1) is 0 Å². The van der Waals surface area contributed by atoms with Crippen molar-refractivity contribution in [2.45, 2.75) is 19.9 Å². The number of furan rings is 1. The molecule has 0 saturated carbocycles. The van der Waals surface area contributed by atoms with Crippen LogP contribution in [0.1, 0.15) is 31.3 Å². The first-order chi connectivity index (χ1) is 9.16. The lowest BCUT2D eigenvalue weighted by atomic mass is 10.1. The van der Waals surface area contributed by atoms with E-state index in [1.807, 2.05) is 30.5 Å². The molecule has 0 saturated heterocycles. The normalized spacial score (nSPS) is 13.8. The third kappa shape index (κ3) is 3.80. The number of likely N-dealkylation sites (N-methyl/N-ethyl adjacent to an activating group) is 1. The van der Waals surface area contributed by atoms with Gasteiger partial charge >= 0.3 is 0 Å². The lowest BCUT2D eigenvalue weighted by Crippen LogP contribution is -2.24. The molecule has 0 amide bonds. The molecule has 0 N–H and O–H groups in total. The van der Waals surface area contributed by atoms with Gasteiger partial charge in [-0.1, -0.05) is 11.6 Å². The summed E-state index contributed by atoms with van der Waals surface area (Å²) in [4.78, 5) is 6.68. The molecule has 2 aromatic rings. The Morgan fingerprint density at radius 1 is 1.37 bits per heavy atom. The maximum absolute atomic E-state index is 5.32. The molecule has 2 aromatic heterocycles. The van der Waals surface area contributed by atoms with Crippen LogP contribution in [0.25, 0.3) is 6.08 Å². The SMILES string of the molecule is C/C(=C\c1ccco1)CN(C)C(C)c1ccccn1. The zero-order valence-corrected chi connectivity index (χ0v) is 11.7. The molecule has 19 heavy (non-hydrogen) atoms. The predicted molar refractivity (Wildman–Crippen MR) is 77.6 cm³/mol. The lowest BCUT2D eigenvalue weighted by Gasteiger charge is -2.24. The van der Waals surface area contributed by atoms with Crippen LogP contribution in [0.15, 0.2) is 52.8 Å². The Bertz CT molecular complexity index is 517. The van der Waals surface area contributed by atoms with Gasteiger partial charge in [-0.15, -0.1) is 0 Å². The van der Waals surface area contributed by atoms with Crippen LogP contribution in [-0.2, 0) is 0 Å². The molecule has 3 heteroatoms. The highest BCUT2D eigenvalue weighted by molar-refractivity contribution is 5.46.